The first-order chi connectivity index (χ1) is 15.5. The van der Waals surface area contributed by atoms with Crippen LogP contribution in [0.5, 0.6) is 11.5 Å². The minimum Gasteiger partial charge on any atom is -0.497 e. The van der Waals surface area contributed by atoms with Crippen molar-refractivity contribution >= 4 is 11.6 Å². The number of hydrogen-bond acceptors (Lipinski definition) is 5. The summed E-state index contributed by atoms with van der Waals surface area (Å²) in [7, 11) is 3.31. The summed E-state index contributed by atoms with van der Waals surface area (Å²) in [6.07, 6.45) is 4.18. The van der Waals surface area contributed by atoms with Crippen molar-refractivity contribution in [3.8, 4) is 11.5 Å². The molecule has 0 bridgehead atoms. The van der Waals surface area contributed by atoms with Crippen molar-refractivity contribution in [3.63, 3.8) is 0 Å². The number of rotatable bonds is 6. The second-order valence-electron chi connectivity index (χ2n) is 8.75. The van der Waals surface area contributed by atoms with Crippen LogP contribution in [0.3, 0.4) is 0 Å². The largest absolute Gasteiger partial charge is 0.497 e. The van der Waals surface area contributed by atoms with E-state index in [0.717, 1.165) is 54.3 Å². The van der Waals surface area contributed by atoms with Gasteiger partial charge in [-0.2, -0.15) is 5.10 Å². The smallest absolute Gasteiger partial charge is 0.257 e. The van der Waals surface area contributed by atoms with Crippen molar-refractivity contribution in [3.05, 3.63) is 58.7 Å². The van der Waals surface area contributed by atoms with Crippen molar-refractivity contribution in [2.45, 2.75) is 45.6 Å². The highest BCUT2D eigenvalue weighted by molar-refractivity contribution is 6.03. The SMILES string of the molecule is COc1ccc(OC)c([C@H]2CC(c3ccc(C)c(C)c3)=NN2C(=O)CN2CCCCC2)c1. The number of methoxy groups -OCH3 is 2. The van der Waals surface area contributed by atoms with E-state index in [4.69, 9.17) is 14.6 Å². The summed E-state index contributed by atoms with van der Waals surface area (Å²) < 4.78 is 11.1. The number of hydrogen-bond donors (Lipinski definition) is 0. The summed E-state index contributed by atoms with van der Waals surface area (Å²) in [5.74, 6) is 1.51. The van der Waals surface area contributed by atoms with E-state index >= 15 is 0 Å². The van der Waals surface area contributed by atoms with Crippen molar-refractivity contribution in [1.29, 1.82) is 0 Å². The minimum atomic E-state index is -0.228. The van der Waals surface area contributed by atoms with Crippen molar-refractivity contribution in [2.75, 3.05) is 33.9 Å². The molecule has 0 aromatic heterocycles. The zero-order valence-electron chi connectivity index (χ0n) is 19.6. The molecule has 6 heteroatoms. The van der Waals surface area contributed by atoms with Gasteiger partial charge < -0.3 is 9.47 Å². The molecule has 6 nitrogen and oxygen atoms in total. The highest BCUT2D eigenvalue weighted by Crippen LogP contribution is 2.39. The maximum absolute atomic E-state index is 13.5. The van der Waals surface area contributed by atoms with Crippen LogP contribution >= 0.6 is 0 Å². The van der Waals surface area contributed by atoms with E-state index in [-0.39, 0.29) is 11.9 Å². The first kappa shape index (κ1) is 22.3. The number of carbonyl (C=O) groups excluding carboxylic acids is 1. The number of benzene rings is 2. The maximum atomic E-state index is 13.5. The lowest BCUT2D eigenvalue weighted by molar-refractivity contribution is -0.134. The van der Waals surface area contributed by atoms with E-state index in [2.05, 4.69) is 36.9 Å². The molecular formula is C26H33N3O3. The van der Waals surface area contributed by atoms with E-state index < -0.39 is 0 Å². The van der Waals surface area contributed by atoms with Crippen LogP contribution in [0.2, 0.25) is 0 Å². The molecule has 32 heavy (non-hydrogen) atoms. The van der Waals surface area contributed by atoms with Gasteiger partial charge in [0.1, 0.15) is 11.5 Å². The van der Waals surface area contributed by atoms with Crippen LogP contribution in [-0.4, -0.2) is 55.4 Å². The lowest BCUT2D eigenvalue weighted by atomic mass is 9.95. The Balaban J connectivity index is 1.69. The van der Waals surface area contributed by atoms with Crippen molar-refractivity contribution in [2.24, 2.45) is 5.10 Å². The summed E-state index contributed by atoms with van der Waals surface area (Å²) in [6, 6.07) is 11.9. The molecule has 0 saturated carbocycles. The number of nitrogens with zero attached hydrogens (tertiary/aromatic N) is 3. The molecule has 1 fully saturated rings. The third-order valence-corrected chi connectivity index (χ3v) is 6.61. The molecule has 2 aromatic rings. The van der Waals surface area contributed by atoms with E-state index in [1.165, 1.54) is 17.5 Å². The van der Waals surface area contributed by atoms with Gasteiger partial charge in [0, 0.05) is 12.0 Å². The van der Waals surface area contributed by atoms with Crippen LogP contribution in [0.4, 0.5) is 0 Å². The average molecular weight is 436 g/mol. The highest BCUT2D eigenvalue weighted by atomic mass is 16.5. The summed E-state index contributed by atoms with van der Waals surface area (Å²) in [5, 5.41) is 6.54. The van der Waals surface area contributed by atoms with Gasteiger partial charge in [0.25, 0.3) is 5.91 Å². The van der Waals surface area contributed by atoms with Crippen LogP contribution in [0.15, 0.2) is 41.5 Å². The molecule has 1 amide bonds. The van der Waals surface area contributed by atoms with Gasteiger partial charge in [0.2, 0.25) is 0 Å². The maximum Gasteiger partial charge on any atom is 0.257 e. The number of piperidine rings is 1. The quantitative estimate of drug-likeness (QED) is 0.671. The Bertz CT molecular complexity index is 1010. The molecule has 1 saturated heterocycles. The van der Waals surface area contributed by atoms with Gasteiger partial charge in [0.05, 0.1) is 32.5 Å². The number of hydrazone groups is 1. The Morgan fingerprint density at radius 1 is 1.00 bits per heavy atom. The van der Waals surface area contributed by atoms with Crippen molar-refractivity contribution in [1.82, 2.24) is 9.91 Å². The molecule has 1 atom stereocenters. The van der Waals surface area contributed by atoms with Crippen molar-refractivity contribution < 1.29 is 14.3 Å². The summed E-state index contributed by atoms with van der Waals surface area (Å²) in [4.78, 5) is 15.7. The molecule has 0 radical (unpaired) electrons. The molecule has 2 aliphatic rings. The lowest BCUT2D eigenvalue weighted by Crippen LogP contribution is -2.40. The monoisotopic (exact) mass is 435 g/mol. The topological polar surface area (TPSA) is 54.4 Å². The van der Waals surface area contributed by atoms with E-state index in [9.17, 15) is 4.79 Å². The Hall–Kier alpha value is -2.86. The number of aryl methyl sites for hydroxylation is 2. The molecule has 2 heterocycles. The fourth-order valence-electron chi connectivity index (χ4n) is 4.56. The minimum absolute atomic E-state index is 0.0283. The summed E-state index contributed by atoms with van der Waals surface area (Å²) in [6.45, 7) is 6.55. The van der Waals surface area contributed by atoms with Crippen LogP contribution in [-0.2, 0) is 4.79 Å². The van der Waals surface area contributed by atoms with E-state index in [1.807, 2.05) is 18.2 Å². The van der Waals surface area contributed by atoms with Gasteiger partial charge in [-0.25, -0.2) is 5.01 Å². The predicted octanol–water partition coefficient (Wildman–Crippen LogP) is 4.48. The van der Waals surface area contributed by atoms with Crippen LogP contribution in [0, 0.1) is 13.8 Å². The van der Waals surface area contributed by atoms with Gasteiger partial charge in [-0.3, -0.25) is 9.69 Å². The number of amides is 1. The van der Waals surface area contributed by atoms with Gasteiger partial charge in [-0.1, -0.05) is 18.6 Å². The van der Waals surface area contributed by atoms with Gasteiger partial charge in [-0.15, -0.1) is 0 Å². The Labute approximate surface area is 190 Å². The zero-order chi connectivity index (χ0) is 22.7. The number of likely N-dealkylation sites (tertiary alicyclic amines) is 1. The average Bonchev–Trinajstić information content (AvgIpc) is 3.26. The molecule has 2 aliphatic heterocycles. The molecule has 4 rings (SSSR count). The van der Waals surface area contributed by atoms with Gasteiger partial charge in [0.15, 0.2) is 0 Å². The standard InChI is InChI=1S/C26H33N3O3/c1-18-8-9-20(14-19(18)2)23-16-24(22-15-21(31-3)10-11-25(22)32-4)29(27-23)26(30)17-28-12-6-5-7-13-28/h8-11,14-15,24H,5-7,12-13,16-17H2,1-4H3/t24-/m1/s1. The summed E-state index contributed by atoms with van der Waals surface area (Å²) >= 11 is 0. The Morgan fingerprint density at radius 2 is 1.78 bits per heavy atom. The normalized spacial score (nSPS) is 19.1. The second kappa shape index (κ2) is 9.74. The molecule has 0 N–H and O–H groups in total. The van der Waals surface area contributed by atoms with Crippen LogP contribution < -0.4 is 9.47 Å². The lowest BCUT2D eigenvalue weighted by Gasteiger charge is -2.29. The number of ether oxygens (including phenoxy) is 2. The third kappa shape index (κ3) is 4.65. The molecule has 0 spiro atoms. The molecule has 170 valence electrons. The van der Waals surface area contributed by atoms with E-state index in [1.54, 1.807) is 19.2 Å². The van der Waals surface area contributed by atoms with Gasteiger partial charge >= 0.3 is 0 Å². The fraction of sp³-hybridized carbons (Fsp3) is 0.462. The first-order valence-electron chi connectivity index (χ1n) is 11.4. The molecule has 0 aliphatic carbocycles. The Morgan fingerprint density at radius 3 is 2.47 bits per heavy atom. The molecule has 2 aromatic carbocycles. The summed E-state index contributed by atoms with van der Waals surface area (Å²) in [5.41, 5.74) is 5.37. The molecular weight excluding hydrogens is 402 g/mol. The zero-order valence-corrected chi connectivity index (χ0v) is 19.6. The fourth-order valence-corrected chi connectivity index (χ4v) is 4.56. The number of carbonyl (C=O) groups is 1. The van der Waals surface area contributed by atoms with Crippen LogP contribution in [0.1, 0.15) is 54.0 Å². The van der Waals surface area contributed by atoms with Crippen LogP contribution in [0.25, 0.3) is 0 Å². The second-order valence-corrected chi connectivity index (χ2v) is 8.75. The predicted molar refractivity (Wildman–Crippen MR) is 126 cm³/mol. The van der Waals surface area contributed by atoms with Gasteiger partial charge in [-0.05, 0) is 80.7 Å². The Kier molecular flexibility index (Phi) is 6.80. The third-order valence-electron chi connectivity index (χ3n) is 6.61. The highest BCUT2D eigenvalue weighted by Gasteiger charge is 2.35. The first-order valence-corrected chi connectivity index (χ1v) is 11.4. The molecule has 0 unspecified atom stereocenters. The van der Waals surface area contributed by atoms with E-state index in [0.29, 0.717) is 13.0 Å².